The number of benzene rings is 1. The van der Waals surface area contributed by atoms with Gasteiger partial charge in [0, 0.05) is 23.1 Å². The topological polar surface area (TPSA) is 68.3 Å². The van der Waals surface area contributed by atoms with Crippen LogP contribution in [0.2, 0.25) is 0 Å². The number of thioether (sulfide) groups is 1. The van der Waals surface area contributed by atoms with Gasteiger partial charge in [0.2, 0.25) is 5.91 Å². The van der Waals surface area contributed by atoms with E-state index in [0.29, 0.717) is 11.6 Å². The standard InChI is InChI=1S/C17H20N2O3S2/c1-4-22-16(21)15-14(24-17(19-15)18-11(3)20)10-12-6-8-13(9-7-12)23-5-2/h6-9H,4-5,10H2,1-3H3,(H,18,19,20). The fourth-order valence-corrected chi connectivity index (χ4v) is 3.78. The number of esters is 1. The number of nitrogens with zero attached hydrogens (tertiary/aromatic N) is 1. The van der Waals surface area contributed by atoms with Crippen LogP contribution in [-0.2, 0) is 16.0 Å². The summed E-state index contributed by atoms with van der Waals surface area (Å²) in [5, 5.41) is 3.05. The van der Waals surface area contributed by atoms with Crippen LogP contribution >= 0.6 is 23.1 Å². The van der Waals surface area contributed by atoms with Crippen molar-refractivity contribution in [2.75, 3.05) is 17.7 Å². The Morgan fingerprint density at radius 3 is 2.54 bits per heavy atom. The summed E-state index contributed by atoms with van der Waals surface area (Å²) in [5.74, 6) is 0.353. The number of carbonyl (C=O) groups is 2. The first-order valence-electron chi connectivity index (χ1n) is 7.69. The van der Waals surface area contributed by atoms with Gasteiger partial charge >= 0.3 is 5.97 Å². The molecule has 1 N–H and O–H groups in total. The summed E-state index contributed by atoms with van der Waals surface area (Å²) in [6.45, 7) is 5.57. The Morgan fingerprint density at radius 2 is 1.96 bits per heavy atom. The van der Waals surface area contributed by atoms with Crippen LogP contribution in [0, 0.1) is 0 Å². The highest BCUT2D eigenvalue weighted by Gasteiger charge is 2.20. The molecule has 0 aliphatic carbocycles. The fraction of sp³-hybridized carbons (Fsp3) is 0.353. The molecule has 2 rings (SSSR count). The van der Waals surface area contributed by atoms with Gasteiger partial charge in [0.05, 0.1) is 6.61 Å². The summed E-state index contributed by atoms with van der Waals surface area (Å²) in [6, 6.07) is 8.24. The van der Waals surface area contributed by atoms with Crippen LogP contribution < -0.4 is 5.32 Å². The predicted octanol–water partition coefficient (Wildman–Crippen LogP) is 3.98. The number of anilines is 1. The minimum atomic E-state index is -0.460. The van der Waals surface area contributed by atoms with Gasteiger partial charge in [-0.3, -0.25) is 4.79 Å². The van der Waals surface area contributed by atoms with Crippen molar-refractivity contribution in [2.45, 2.75) is 32.1 Å². The van der Waals surface area contributed by atoms with Crippen molar-refractivity contribution in [1.82, 2.24) is 4.98 Å². The highest BCUT2D eigenvalue weighted by atomic mass is 32.2. The third-order valence-electron chi connectivity index (χ3n) is 3.05. The number of hydrogen-bond donors (Lipinski definition) is 1. The lowest BCUT2D eigenvalue weighted by atomic mass is 10.1. The number of rotatable bonds is 7. The molecule has 1 heterocycles. The number of ether oxygens (including phenoxy) is 1. The molecule has 0 aliphatic rings. The van der Waals surface area contributed by atoms with Crippen molar-refractivity contribution in [3.8, 4) is 0 Å². The van der Waals surface area contributed by atoms with E-state index in [1.54, 1.807) is 18.7 Å². The van der Waals surface area contributed by atoms with E-state index in [9.17, 15) is 9.59 Å². The second kappa shape index (κ2) is 8.84. The maximum atomic E-state index is 12.1. The largest absolute Gasteiger partial charge is 0.461 e. The molecule has 0 bridgehead atoms. The van der Waals surface area contributed by atoms with Crippen molar-refractivity contribution in [3.63, 3.8) is 0 Å². The van der Waals surface area contributed by atoms with E-state index < -0.39 is 5.97 Å². The average Bonchev–Trinajstić information content (AvgIpc) is 2.91. The Hall–Kier alpha value is -1.86. The van der Waals surface area contributed by atoms with Gasteiger partial charge in [0.15, 0.2) is 10.8 Å². The van der Waals surface area contributed by atoms with E-state index in [1.165, 1.54) is 23.2 Å². The van der Waals surface area contributed by atoms with Crippen molar-refractivity contribution >= 4 is 40.1 Å². The Balaban J connectivity index is 2.24. The van der Waals surface area contributed by atoms with Crippen LogP contribution in [0.15, 0.2) is 29.2 Å². The van der Waals surface area contributed by atoms with E-state index in [-0.39, 0.29) is 18.2 Å². The second-order valence-electron chi connectivity index (χ2n) is 4.95. The zero-order chi connectivity index (χ0) is 17.5. The molecule has 1 aromatic heterocycles. The van der Waals surface area contributed by atoms with E-state index in [1.807, 2.05) is 12.1 Å². The molecule has 0 spiro atoms. The molecule has 1 aromatic carbocycles. The van der Waals surface area contributed by atoms with Gasteiger partial charge < -0.3 is 10.1 Å². The highest BCUT2D eigenvalue weighted by Crippen LogP contribution is 2.27. The summed E-state index contributed by atoms with van der Waals surface area (Å²) in [4.78, 5) is 29.5. The minimum Gasteiger partial charge on any atom is -0.461 e. The average molecular weight is 364 g/mol. The molecule has 0 atom stereocenters. The Bertz CT molecular complexity index is 711. The lowest BCUT2D eigenvalue weighted by Gasteiger charge is -2.04. The molecule has 128 valence electrons. The Kier molecular flexibility index (Phi) is 6.81. The van der Waals surface area contributed by atoms with Crippen molar-refractivity contribution in [3.05, 3.63) is 40.4 Å². The molecular weight excluding hydrogens is 344 g/mol. The maximum Gasteiger partial charge on any atom is 0.358 e. The van der Waals surface area contributed by atoms with Gasteiger partial charge in [-0.1, -0.05) is 19.1 Å². The van der Waals surface area contributed by atoms with E-state index in [4.69, 9.17) is 4.74 Å². The number of amides is 1. The van der Waals surface area contributed by atoms with E-state index >= 15 is 0 Å². The summed E-state index contributed by atoms with van der Waals surface area (Å²) in [7, 11) is 0. The lowest BCUT2D eigenvalue weighted by molar-refractivity contribution is -0.114. The second-order valence-corrected chi connectivity index (χ2v) is 7.37. The summed E-state index contributed by atoms with van der Waals surface area (Å²) in [6.07, 6.45) is 0.572. The molecule has 5 nitrogen and oxygen atoms in total. The maximum absolute atomic E-state index is 12.1. The minimum absolute atomic E-state index is 0.216. The number of aromatic nitrogens is 1. The number of carbonyl (C=O) groups excluding carboxylic acids is 2. The Morgan fingerprint density at radius 1 is 1.25 bits per heavy atom. The third-order valence-corrected chi connectivity index (χ3v) is 4.91. The molecule has 2 aromatic rings. The molecular formula is C17H20N2O3S2. The normalized spacial score (nSPS) is 10.5. The fourth-order valence-electron chi connectivity index (χ4n) is 2.09. The van der Waals surface area contributed by atoms with Gasteiger partial charge in [0.1, 0.15) is 0 Å². The highest BCUT2D eigenvalue weighted by molar-refractivity contribution is 7.99. The van der Waals surface area contributed by atoms with Gasteiger partial charge in [-0.2, -0.15) is 0 Å². The van der Waals surface area contributed by atoms with E-state index in [2.05, 4.69) is 29.4 Å². The van der Waals surface area contributed by atoms with Gasteiger partial charge in [0.25, 0.3) is 0 Å². The molecule has 0 radical (unpaired) electrons. The summed E-state index contributed by atoms with van der Waals surface area (Å²) < 4.78 is 5.06. The molecule has 0 unspecified atom stereocenters. The molecule has 1 amide bonds. The first kappa shape index (κ1) is 18.5. The number of thiazole rings is 1. The summed E-state index contributed by atoms with van der Waals surface area (Å²) in [5.41, 5.74) is 1.36. The van der Waals surface area contributed by atoms with Crippen LogP contribution in [0.5, 0.6) is 0 Å². The molecule has 0 aliphatic heterocycles. The molecule has 7 heteroatoms. The number of nitrogens with one attached hydrogen (secondary N) is 1. The van der Waals surface area contributed by atoms with Gasteiger partial charge in [-0.15, -0.1) is 23.1 Å². The third kappa shape index (κ3) is 5.07. The van der Waals surface area contributed by atoms with Crippen molar-refractivity contribution < 1.29 is 14.3 Å². The zero-order valence-corrected chi connectivity index (χ0v) is 15.6. The molecule has 0 fully saturated rings. The first-order chi connectivity index (χ1) is 11.5. The van der Waals surface area contributed by atoms with Crippen LogP contribution in [0.3, 0.4) is 0 Å². The van der Waals surface area contributed by atoms with Crippen LogP contribution in [0.1, 0.15) is 41.7 Å². The van der Waals surface area contributed by atoms with Gasteiger partial charge in [-0.05, 0) is 30.4 Å². The predicted molar refractivity (Wildman–Crippen MR) is 98.0 cm³/mol. The summed E-state index contributed by atoms with van der Waals surface area (Å²) >= 11 is 3.09. The van der Waals surface area contributed by atoms with E-state index in [0.717, 1.165) is 16.2 Å². The van der Waals surface area contributed by atoms with Crippen molar-refractivity contribution in [1.29, 1.82) is 0 Å². The van der Waals surface area contributed by atoms with Crippen LogP contribution in [0.4, 0.5) is 5.13 Å². The number of hydrogen-bond acceptors (Lipinski definition) is 6. The first-order valence-corrected chi connectivity index (χ1v) is 9.49. The molecule has 24 heavy (non-hydrogen) atoms. The van der Waals surface area contributed by atoms with Crippen molar-refractivity contribution in [2.24, 2.45) is 0 Å². The lowest BCUT2D eigenvalue weighted by Crippen LogP contribution is -2.09. The van der Waals surface area contributed by atoms with Crippen LogP contribution in [-0.4, -0.2) is 29.2 Å². The van der Waals surface area contributed by atoms with Crippen LogP contribution in [0.25, 0.3) is 0 Å². The van der Waals surface area contributed by atoms with Gasteiger partial charge in [-0.25, -0.2) is 9.78 Å². The quantitative estimate of drug-likeness (QED) is 0.594. The monoisotopic (exact) mass is 364 g/mol. The zero-order valence-electron chi connectivity index (χ0n) is 13.9. The Labute approximate surface area is 149 Å². The smallest absolute Gasteiger partial charge is 0.358 e. The molecule has 0 saturated heterocycles. The SMILES string of the molecule is CCOC(=O)c1nc(NC(C)=O)sc1Cc1ccc(SCC)cc1. The molecule has 0 saturated carbocycles.